The van der Waals surface area contributed by atoms with Gasteiger partial charge in [-0.1, -0.05) is 60.7 Å². The predicted molar refractivity (Wildman–Crippen MR) is 116 cm³/mol. The molecule has 5 nitrogen and oxygen atoms in total. The lowest BCUT2D eigenvalue weighted by molar-refractivity contribution is -0.135. The van der Waals surface area contributed by atoms with E-state index in [2.05, 4.69) is 0 Å². The number of para-hydroxylation sites is 2. The molecule has 0 saturated carbocycles. The van der Waals surface area contributed by atoms with Gasteiger partial charge in [0.2, 0.25) is 5.78 Å². The third-order valence-electron chi connectivity index (χ3n) is 4.49. The Morgan fingerprint density at radius 1 is 0.767 bits per heavy atom. The van der Waals surface area contributed by atoms with Gasteiger partial charge in [0.1, 0.15) is 11.5 Å². The lowest BCUT2D eigenvalue weighted by Crippen LogP contribution is -2.16. The minimum atomic E-state index is -0.602. The molecule has 0 aliphatic rings. The lowest BCUT2D eigenvalue weighted by atomic mass is 10.0. The van der Waals surface area contributed by atoms with Crippen LogP contribution in [0.1, 0.15) is 21.5 Å². The molecule has 0 spiro atoms. The Labute approximate surface area is 175 Å². The number of ketones is 1. The fourth-order valence-electron chi connectivity index (χ4n) is 2.98. The van der Waals surface area contributed by atoms with Gasteiger partial charge in [-0.3, -0.25) is 4.79 Å². The van der Waals surface area contributed by atoms with E-state index in [4.69, 9.17) is 14.2 Å². The first-order chi connectivity index (χ1) is 14.6. The zero-order valence-corrected chi connectivity index (χ0v) is 16.8. The molecule has 5 heteroatoms. The lowest BCUT2D eigenvalue weighted by Gasteiger charge is -2.11. The molecule has 0 unspecified atom stereocenters. The summed E-state index contributed by atoms with van der Waals surface area (Å²) in [5.41, 5.74) is 2.10. The van der Waals surface area contributed by atoms with E-state index >= 15 is 0 Å². The number of methoxy groups -OCH3 is 2. The van der Waals surface area contributed by atoms with Crippen molar-refractivity contribution in [1.29, 1.82) is 0 Å². The minimum Gasteiger partial charge on any atom is -0.496 e. The number of benzene rings is 3. The number of hydrogen-bond acceptors (Lipinski definition) is 5. The summed E-state index contributed by atoms with van der Waals surface area (Å²) in [7, 11) is 3.06. The number of carbonyl (C=O) groups excluding carboxylic acids is 2. The Bertz CT molecular complexity index is 1050. The topological polar surface area (TPSA) is 61.8 Å². The Balaban J connectivity index is 1.86. The Morgan fingerprint density at radius 2 is 1.37 bits per heavy atom. The molecular formula is C25H22O5. The highest BCUT2D eigenvalue weighted by atomic mass is 16.5. The number of ether oxygens (including phenoxy) is 3. The molecule has 3 aromatic rings. The summed E-state index contributed by atoms with van der Waals surface area (Å²) in [6.07, 6.45) is 1.70. The van der Waals surface area contributed by atoms with Crippen molar-refractivity contribution in [2.45, 2.75) is 0 Å². The van der Waals surface area contributed by atoms with Gasteiger partial charge in [-0.25, -0.2) is 4.79 Å². The number of hydrogen-bond donors (Lipinski definition) is 0. The first-order valence-corrected chi connectivity index (χ1v) is 9.37. The molecule has 0 bridgehead atoms. The zero-order valence-electron chi connectivity index (χ0n) is 16.8. The Hall–Kier alpha value is -3.86. The first-order valence-electron chi connectivity index (χ1n) is 9.37. The number of Topliss-reactive ketones (excluding diaryl/α,β-unsaturated/α-hetero) is 1. The summed E-state index contributed by atoms with van der Waals surface area (Å²) < 4.78 is 16.0. The average molecular weight is 402 g/mol. The van der Waals surface area contributed by atoms with Crippen molar-refractivity contribution < 1.29 is 23.8 Å². The molecule has 3 aromatic carbocycles. The summed E-state index contributed by atoms with van der Waals surface area (Å²) >= 11 is 0. The van der Waals surface area contributed by atoms with Gasteiger partial charge in [0.25, 0.3) is 0 Å². The largest absolute Gasteiger partial charge is 0.496 e. The summed E-state index contributed by atoms with van der Waals surface area (Å²) in [5.74, 6) is 0.121. The number of esters is 1. The maximum Gasteiger partial charge on any atom is 0.339 e. The molecule has 152 valence electrons. The van der Waals surface area contributed by atoms with E-state index in [0.29, 0.717) is 28.2 Å². The molecular weight excluding hydrogens is 380 g/mol. The van der Waals surface area contributed by atoms with Crippen LogP contribution in [0.15, 0.2) is 78.9 Å². The van der Waals surface area contributed by atoms with Crippen LogP contribution < -0.4 is 9.47 Å². The van der Waals surface area contributed by atoms with Gasteiger partial charge in [-0.05, 0) is 29.8 Å². The fourth-order valence-corrected chi connectivity index (χ4v) is 2.98. The van der Waals surface area contributed by atoms with Crippen molar-refractivity contribution in [2.75, 3.05) is 20.8 Å². The van der Waals surface area contributed by atoms with Crippen LogP contribution in [0.5, 0.6) is 11.5 Å². The van der Waals surface area contributed by atoms with Crippen molar-refractivity contribution in [3.63, 3.8) is 0 Å². The quantitative estimate of drug-likeness (QED) is 0.237. The Kier molecular flexibility index (Phi) is 7.00. The van der Waals surface area contributed by atoms with Crippen LogP contribution in [0.2, 0.25) is 0 Å². The highest BCUT2D eigenvalue weighted by Crippen LogP contribution is 2.26. The second-order valence-corrected chi connectivity index (χ2v) is 6.37. The molecule has 0 fully saturated rings. The molecule has 0 N–H and O–H groups in total. The molecule has 0 aromatic heterocycles. The second-order valence-electron chi connectivity index (χ2n) is 6.37. The van der Waals surface area contributed by atoms with Crippen molar-refractivity contribution in [3.8, 4) is 11.5 Å². The molecule has 0 atom stereocenters. The van der Waals surface area contributed by atoms with Gasteiger partial charge in [-0.15, -0.1) is 0 Å². The van der Waals surface area contributed by atoms with Gasteiger partial charge in [-0.2, -0.15) is 0 Å². The predicted octanol–water partition coefficient (Wildman–Crippen LogP) is 4.67. The van der Waals surface area contributed by atoms with Crippen LogP contribution >= 0.6 is 0 Å². The van der Waals surface area contributed by atoms with Gasteiger partial charge < -0.3 is 14.2 Å². The summed E-state index contributed by atoms with van der Waals surface area (Å²) in [4.78, 5) is 25.5. The third kappa shape index (κ3) is 4.94. The fraction of sp³-hybridized carbons (Fsp3) is 0.120. The van der Waals surface area contributed by atoms with Crippen LogP contribution in [0.4, 0.5) is 0 Å². The summed E-state index contributed by atoms with van der Waals surface area (Å²) in [5, 5.41) is 0. The summed E-state index contributed by atoms with van der Waals surface area (Å²) in [6.45, 7) is -0.394. The molecule has 0 heterocycles. The van der Waals surface area contributed by atoms with Gasteiger partial charge >= 0.3 is 5.97 Å². The van der Waals surface area contributed by atoms with Gasteiger partial charge in [0, 0.05) is 5.56 Å². The zero-order chi connectivity index (χ0) is 21.3. The van der Waals surface area contributed by atoms with Crippen molar-refractivity contribution in [3.05, 3.63) is 95.6 Å². The first kappa shape index (κ1) is 20.9. The highest BCUT2D eigenvalue weighted by molar-refractivity contribution is 6.22. The smallest absolute Gasteiger partial charge is 0.339 e. The Morgan fingerprint density at radius 3 is 2.07 bits per heavy atom. The van der Waals surface area contributed by atoms with E-state index in [1.165, 1.54) is 7.11 Å². The molecule has 30 heavy (non-hydrogen) atoms. The van der Waals surface area contributed by atoms with Gasteiger partial charge in [0.15, 0.2) is 6.61 Å². The monoisotopic (exact) mass is 402 g/mol. The SMILES string of the molecule is COc1ccccc1/C=C(/C(=O)OCC(=O)c1ccccc1OC)c1ccccc1. The third-order valence-corrected chi connectivity index (χ3v) is 4.49. The standard InChI is InChI=1S/C25H22O5/c1-28-23-14-8-6-12-19(23)16-21(18-10-4-3-5-11-18)25(27)30-17-22(26)20-13-7-9-15-24(20)29-2/h3-16H,17H2,1-2H3/b21-16+. The van der Waals surface area contributed by atoms with Gasteiger partial charge in [0.05, 0.1) is 25.4 Å². The molecule has 0 saturated heterocycles. The molecule has 3 rings (SSSR count). The molecule has 0 aliphatic carbocycles. The number of rotatable bonds is 8. The van der Waals surface area contributed by atoms with Crippen molar-refractivity contribution in [1.82, 2.24) is 0 Å². The van der Waals surface area contributed by atoms with Crippen LogP contribution in [0.25, 0.3) is 11.6 Å². The van der Waals surface area contributed by atoms with E-state index in [1.807, 2.05) is 54.6 Å². The van der Waals surface area contributed by atoms with E-state index < -0.39 is 12.6 Å². The van der Waals surface area contributed by atoms with Crippen LogP contribution in [0, 0.1) is 0 Å². The number of carbonyl (C=O) groups is 2. The summed E-state index contributed by atoms with van der Waals surface area (Å²) in [6, 6.07) is 23.3. The maximum absolute atomic E-state index is 12.9. The van der Waals surface area contributed by atoms with E-state index in [0.717, 1.165) is 5.56 Å². The second kappa shape index (κ2) is 10.1. The highest BCUT2D eigenvalue weighted by Gasteiger charge is 2.18. The molecule has 0 aliphatic heterocycles. The van der Waals surface area contributed by atoms with E-state index in [9.17, 15) is 9.59 Å². The van der Waals surface area contributed by atoms with Crippen LogP contribution in [0.3, 0.4) is 0 Å². The van der Waals surface area contributed by atoms with E-state index in [-0.39, 0.29) is 5.78 Å². The average Bonchev–Trinajstić information content (AvgIpc) is 2.81. The van der Waals surface area contributed by atoms with Crippen molar-refractivity contribution >= 4 is 23.4 Å². The normalized spacial score (nSPS) is 10.9. The van der Waals surface area contributed by atoms with Crippen molar-refractivity contribution in [2.24, 2.45) is 0 Å². The van der Waals surface area contributed by atoms with Crippen LogP contribution in [-0.4, -0.2) is 32.6 Å². The minimum absolute atomic E-state index is 0.327. The molecule has 0 amide bonds. The maximum atomic E-state index is 12.9. The van der Waals surface area contributed by atoms with Crippen LogP contribution in [-0.2, 0) is 9.53 Å². The van der Waals surface area contributed by atoms with E-state index in [1.54, 1.807) is 37.5 Å². The molecule has 0 radical (unpaired) electrons.